The van der Waals surface area contributed by atoms with E-state index in [1.165, 1.54) is 17.0 Å². The second-order valence-electron chi connectivity index (χ2n) is 12.8. The third-order valence-corrected chi connectivity index (χ3v) is 9.71. The monoisotopic (exact) mass is 619 g/mol. The molecule has 238 valence electrons. The molecule has 0 radical (unpaired) electrons. The highest BCUT2D eigenvalue weighted by atomic mass is 16.4. The van der Waals surface area contributed by atoms with Gasteiger partial charge in [-0.05, 0) is 87.0 Å². The average Bonchev–Trinajstić information content (AvgIpc) is 2.95. The molecule has 3 aliphatic carbocycles. The maximum atomic E-state index is 14.2. The van der Waals surface area contributed by atoms with Crippen molar-refractivity contribution in [1.82, 2.24) is 4.90 Å². The second-order valence-corrected chi connectivity index (χ2v) is 12.8. The molecule has 0 bridgehead atoms. The summed E-state index contributed by atoms with van der Waals surface area (Å²) in [6.07, 6.45) is 1.68. The third-order valence-electron chi connectivity index (χ3n) is 9.71. The summed E-state index contributed by atoms with van der Waals surface area (Å²) in [6.45, 7) is 0. The molecule has 2 saturated carbocycles. The molecule has 12 heteroatoms. The number of carboxylic acid groups (broad SMARTS) is 1. The molecule has 2 aromatic rings. The molecule has 0 aromatic heterocycles. The van der Waals surface area contributed by atoms with Gasteiger partial charge in [0.25, 0.3) is 0 Å². The summed E-state index contributed by atoms with van der Waals surface area (Å²) in [5.41, 5.74) is 5.36. The van der Waals surface area contributed by atoms with E-state index in [9.17, 15) is 39.0 Å². The number of hydrogen-bond acceptors (Lipinski definition) is 10. The Labute approximate surface area is 259 Å². The van der Waals surface area contributed by atoms with Crippen LogP contribution in [-0.2, 0) is 38.4 Å². The molecule has 5 rings (SSSR count). The topological polar surface area (TPSA) is 196 Å². The first-order valence-electron chi connectivity index (χ1n) is 14.8. The van der Waals surface area contributed by atoms with Crippen molar-refractivity contribution in [3.63, 3.8) is 0 Å². The molecule has 12 nitrogen and oxygen atoms in total. The fraction of sp³-hybridized carbons (Fsp3) is 0.455. The van der Waals surface area contributed by atoms with Crippen LogP contribution in [0.3, 0.4) is 0 Å². The molecule has 2 unspecified atom stereocenters. The molecular weight excluding hydrogens is 582 g/mol. The molecule has 5 N–H and O–H groups in total. The van der Waals surface area contributed by atoms with Crippen molar-refractivity contribution >= 4 is 40.7 Å². The number of ketones is 4. The number of hydrogen-bond donors (Lipinski definition) is 4. The molecule has 1 amide bonds. The third kappa shape index (κ3) is 5.01. The van der Waals surface area contributed by atoms with Crippen LogP contribution in [0, 0.1) is 23.7 Å². The van der Waals surface area contributed by atoms with Crippen molar-refractivity contribution in [2.24, 2.45) is 29.4 Å². The van der Waals surface area contributed by atoms with Gasteiger partial charge in [0, 0.05) is 25.7 Å². The highest BCUT2D eigenvalue weighted by Gasteiger charge is 2.69. The van der Waals surface area contributed by atoms with Crippen LogP contribution in [-0.4, -0.2) is 95.1 Å². The van der Waals surface area contributed by atoms with E-state index in [1.807, 2.05) is 11.0 Å². The smallest absolute Gasteiger partial charge is 0.335 e. The number of primary amides is 1. The number of aliphatic hydroxyl groups is 1. The number of anilines is 1. The normalized spacial score (nSPS) is 27.6. The Morgan fingerprint density at radius 1 is 1.00 bits per heavy atom. The molecule has 2 fully saturated rings. The van der Waals surface area contributed by atoms with Gasteiger partial charge >= 0.3 is 5.97 Å². The van der Waals surface area contributed by atoms with Crippen molar-refractivity contribution < 1.29 is 44.1 Å². The Morgan fingerprint density at radius 3 is 2.20 bits per heavy atom. The van der Waals surface area contributed by atoms with Crippen LogP contribution in [0.4, 0.5) is 5.69 Å². The number of aromatic hydroxyl groups is 1. The number of benzene rings is 2. The first-order chi connectivity index (χ1) is 21.1. The lowest BCUT2D eigenvalue weighted by Crippen LogP contribution is -2.74. The van der Waals surface area contributed by atoms with E-state index in [-0.39, 0.29) is 29.7 Å². The van der Waals surface area contributed by atoms with Gasteiger partial charge in [0.15, 0.2) is 34.7 Å². The van der Waals surface area contributed by atoms with E-state index in [0.717, 1.165) is 5.56 Å². The second kappa shape index (κ2) is 11.5. The SMILES string of the molecule is CN(C)c1cc(CCCc2ccc(C(=O)O)cc2)c(O)c2c1C[C@H]1C[C@H]3[C@@H](N(C)C)C(=O)C(C(N)=O)C(=O)[C@@]3(O)C(=O)C1C2=O. The molecular formula is C33H37N3O9. The van der Waals surface area contributed by atoms with E-state index in [4.69, 9.17) is 10.8 Å². The Kier molecular flexibility index (Phi) is 8.17. The van der Waals surface area contributed by atoms with E-state index in [1.54, 1.807) is 40.3 Å². The lowest BCUT2D eigenvalue weighted by atomic mass is 9.52. The summed E-state index contributed by atoms with van der Waals surface area (Å²) in [5.74, 6) is -11.8. The highest BCUT2D eigenvalue weighted by molar-refractivity contribution is 6.32. The fourth-order valence-electron chi connectivity index (χ4n) is 7.59. The summed E-state index contributed by atoms with van der Waals surface area (Å²) in [5, 5.41) is 32.3. The summed E-state index contributed by atoms with van der Waals surface area (Å²) in [7, 11) is 6.69. The number of amides is 1. The van der Waals surface area contributed by atoms with Crippen molar-refractivity contribution in [2.75, 3.05) is 33.1 Å². The predicted octanol–water partition coefficient (Wildman–Crippen LogP) is 0.807. The number of carbonyl (C=O) groups excluding carboxylic acids is 5. The van der Waals surface area contributed by atoms with Gasteiger partial charge < -0.3 is 26.0 Å². The van der Waals surface area contributed by atoms with Gasteiger partial charge in [-0.15, -0.1) is 0 Å². The Balaban J connectivity index is 1.51. The first-order valence-corrected chi connectivity index (χ1v) is 14.8. The van der Waals surface area contributed by atoms with Gasteiger partial charge in [-0.25, -0.2) is 4.79 Å². The van der Waals surface area contributed by atoms with Crippen LogP contribution in [0.5, 0.6) is 5.75 Å². The number of Topliss-reactive ketones (excluding diaryl/α,β-unsaturated/α-hetero) is 4. The quantitative estimate of drug-likeness (QED) is 0.305. The summed E-state index contributed by atoms with van der Waals surface area (Å²) in [6, 6.07) is 7.14. The summed E-state index contributed by atoms with van der Waals surface area (Å²) in [4.78, 5) is 81.6. The Bertz CT molecular complexity index is 1630. The minimum atomic E-state index is -2.77. The standard InChI is InChI=1S/C33H37N3O9/c1-35(2)21-14-17(7-5-6-15-8-10-16(11-9-15)32(43)44)26(37)23-19(21)12-18-13-20-25(36(3)4)28(39)24(31(34)42)30(41)33(20,45)29(40)22(18)27(23)38/h8-11,14,18,20,22,24-25,37,45H,5-7,12-13H2,1-4H3,(H2,34,42)(H,43,44)/t18-,20-,22?,24?,25+,33-/m0/s1. The van der Waals surface area contributed by atoms with Gasteiger partial charge in [0.05, 0.1) is 23.1 Å². The maximum Gasteiger partial charge on any atom is 0.335 e. The van der Waals surface area contributed by atoms with E-state index in [0.29, 0.717) is 36.1 Å². The fourth-order valence-corrected chi connectivity index (χ4v) is 7.59. The minimum Gasteiger partial charge on any atom is -0.507 e. The molecule has 2 aromatic carbocycles. The van der Waals surface area contributed by atoms with Crippen molar-refractivity contribution in [3.05, 3.63) is 58.1 Å². The number of carbonyl (C=O) groups is 6. The van der Waals surface area contributed by atoms with E-state index < -0.39 is 70.3 Å². The Hall–Kier alpha value is -4.42. The van der Waals surface area contributed by atoms with Gasteiger partial charge in [-0.2, -0.15) is 0 Å². The number of likely N-dealkylation sites (N-methyl/N-ethyl adjacent to an activating group) is 1. The van der Waals surface area contributed by atoms with Gasteiger partial charge in [0.1, 0.15) is 5.75 Å². The molecule has 0 spiro atoms. The van der Waals surface area contributed by atoms with Crippen molar-refractivity contribution in [2.45, 2.75) is 43.7 Å². The predicted molar refractivity (Wildman–Crippen MR) is 161 cm³/mol. The van der Waals surface area contributed by atoms with Crippen LogP contribution in [0.1, 0.15) is 50.2 Å². The van der Waals surface area contributed by atoms with Gasteiger partial charge in [-0.3, -0.25) is 28.9 Å². The van der Waals surface area contributed by atoms with Crippen molar-refractivity contribution in [3.8, 4) is 5.75 Å². The average molecular weight is 620 g/mol. The van der Waals surface area contributed by atoms with Crippen LogP contribution in [0.2, 0.25) is 0 Å². The lowest BCUT2D eigenvalue weighted by molar-refractivity contribution is -0.181. The zero-order chi connectivity index (χ0) is 33.1. The maximum absolute atomic E-state index is 14.2. The van der Waals surface area contributed by atoms with Gasteiger partial charge in [-0.1, -0.05) is 12.1 Å². The van der Waals surface area contributed by atoms with E-state index >= 15 is 0 Å². The van der Waals surface area contributed by atoms with Gasteiger partial charge in [0.2, 0.25) is 5.91 Å². The molecule has 45 heavy (non-hydrogen) atoms. The van der Waals surface area contributed by atoms with Crippen LogP contribution < -0.4 is 10.6 Å². The molecule has 6 atom stereocenters. The number of nitrogens with zero attached hydrogens (tertiary/aromatic N) is 2. The summed E-state index contributed by atoms with van der Waals surface area (Å²) < 4.78 is 0. The number of phenolic OH excluding ortho intramolecular Hbond substituents is 1. The highest BCUT2D eigenvalue weighted by Crippen LogP contribution is 2.52. The number of nitrogens with two attached hydrogens (primary N) is 1. The largest absolute Gasteiger partial charge is 0.507 e. The van der Waals surface area contributed by atoms with Crippen LogP contribution in [0.25, 0.3) is 0 Å². The number of carboxylic acids is 1. The Morgan fingerprint density at radius 2 is 1.64 bits per heavy atom. The molecule has 0 saturated heterocycles. The molecule has 0 aliphatic heterocycles. The summed E-state index contributed by atoms with van der Waals surface area (Å²) >= 11 is 0. The number of aryl methyl sites for hydroxylation is 2. The van der Waals surface area contributed by atoms with Crippen LogP contribution >= 0.6 is 0 Å². The first kappa shape index (κ1) is 32.0. The zero-order valence-corrected chi connectivity index (χ0v) is 25.6. The number of fused-ring (bicyclic) bond motifs is 3. The number of phenols is 1. The van der Waals surface area contributed by atoms with Crippen molar-refractivity contribution in [1.29, 1.82) is 0 Å². The number of rotatable bonds is 8. The zero-order valence-electron chi connectivity index (χ0n) is 25.6. The lowest BCUT2D eigenvalue weighted by Gasteiger charge is -2.52. The van der Waals surface area contributed by atoms with Crippen LogP contribution in [0.15, 0.2) is 30.3 Å². The minimum absolute atomic E-state index is 0.0139. The van der Waals surface area contributed by atoms with E-state index in [2.05, 4.69) is 0 Å². The molecule has 3 aliphatic rings. The molecule has 0 heterocycles. The number of aromatic carboxylic acids is 1.